The van der Waals surface area contributed by atoms with E-state index in [1.54, 1.807) is 17.4 Å². The number of nitrogens with one attached hydrogen (secondary N) is 1. The number of aryl methyl sites for hydroxylation is 1. The maximum Gasteiger partial charge on any atom is 0.123 e. The van der Waals surface area contributed by atoms with Crippen LogP contribution in [0.1, 0.15) is 16.0 Å². The first-order chi connectivity index (χ1) is 7.75. The minimum atomic E-state index is -0.167. The monoisotopic (exact) mass is 235 g/mol. The van der Waals surface area contributed by atoms with Crippen molar-refractivity contribution in [2.75, 3.05) is 0 Å². The van der Waals surface area contributed by atoms with Gasteiger partial charge in [0.2, 0.25) is 0 Å². The molecular formula is C13H14FNS. The number of halogens is 1. The van der Waals surface area contributed by atoms with Gasteiger partial charge >= 0.3 is 0 Å². The SMILES string of the molecule is Cc1cc(F)ccc1CNCc1cccs1. The Morgan fingerprint density at radius 1 is 1.25 bits per heavy atom. The standard InChI is InChI=1S/C13H14FNS/c1-10-7-12(14)5-4-11(10)8-15-9-13-3-2-6-16-13/h2-7,15H,8-9H2,1H3. The van der Waals surface area contributed by atoms with Gasteiger partial charge in [0.1, 0.15) is 5.82 Å². The molecule has 1 aromatic carbocycles. The average molecular weight is 235 g/mol. The van der Waals surface area contributed by atoms with E-state index >= 15 is 0 Å². The summed E-state index contributed by atoms with van der Waals surface area (Å²) in [6.07, 6.45) is 0. The third-order valence-electron chi connectivity index (χ3n) is 2.50. The predicted molar refractivity (Wildman–Crippen MR) is 66.0 cm³/mol. The molecule has 0 aliphatic carbocycles. The van der Waals surface area contributed by atoms with Crippen molar-refractivity contribution in [1.29, 1.82) is 0 Å². The van der Waals surface area contributed by atoms with Gasteiger partial charge in [-0.05, 0) is 41.6 Å². The topological polar surface area (TPSA) is 12.0 Å². The highest BCUT2D eigenvalue weighted by Gasteiger charge is 2.00. The molecule has 84 valence electrons. The van der Waals surface area contributed by atoms with Gasteiger partial charge in [0, 0.05) is 18.0 Å². The summed E-state index contributed by atoms with van der Waals surface area (Å²) >= 11 is 1.74. The van der Waals surface area contributed by atoms with Gasteiger partial charge in [-0.25, -0.2) is 4.39 Å². The Balaban J connectivity index is 1.90. The molecule has 3 heteroatoms. The van der Waals surface area contributed by atoms with E-state index < -0.39 is 0 Å². The summed E-state index contributed by atoms with van der Waals surface area (Å²) in [5.41, 5.74) is 2.15. The van der Waals surface area contributed by atoms with Crippen LogP contribution in [-0.4, -0.2) is 0 Å². The first-order valence-electron chi connectivity index (χ1n) is 5.24. The van der Waals surface area contributed by atoms with Crippen LogP contribution in [0.25, 0.3) is 0 Å². The fraction of sp³-hybridized carbons (Fsp3) is 0.231. The summed E-state index contributed by atoms with van der Waals surface area (Å²) in [5.74, 6) is -0.167. The molecule has 1 nitrogen and oxygen atoms in total. The molecule has 1 heterocycles. The molecule has 2 rings (SSSR count). The Labute approximate surface area is 98.9 Å². The van der Waals surface area contributed by atoms with E-state index in [2.05, 4.69) is 16.8 Å². The smallest absolute Gasteiger partial charge is 0.123 e. The van der Waals surface area contributed by atoms with E-state index in [1.165, 1.54) is 10.9 Å². The largest absolute Gasteiger partial charge is 0.308 e. The van der Waals surface area contributed by atoms with Gasteiger partial charge < -0.3 is 5.32 Å². The van der Waals surface area contributed by atoms with Gasteiger partial charge in [0.25, 0.3) is 0 Å². The van der Waals surface area contributed by atoms with E-state index in [9.17, 15) is 4.39 Å². The fourth-order valence-corrected chi connectivity index (χ4v) is 2.27. The summed E-state index contributed by atoms with van der Waals surface area (Å²) in [5, 5.41) is 5.42. The van der Waals surface area contributed by atoms with Crippen LogP contribution in [0.4, 0.5) is 4.39 Å². The Bertz CT molecular complexity index is 451. The molecule has 0 spiro atoms. The van der Waals surface area contributed by atoms with Crippen molar-refractivity contribution in [3.05, 3.63) is 57.5 Å². The molecule has 0 aliphatic heterocycles. The van der Waals surface area contributed by atoms with Crippen LogP contribution in [0, 0.1) is 12.7 Å². The lowest BCUT2D eigenvalue weighted by Gasteiger charge is -2.06. The lowest BCUT2D eigenvalue weighted by molar-refractivity contribution is 0.623. The number of hydrogen-bond acceptors (Lipinski definition) is 2. The van der Waals surface area contributed by atoms with E-state index in [1.807, 2.05) is 19.1 Å². The third kappa shape index (κ3) is 2.90. The Morgan fingerprint density at radius 3 is 2.81 bits per heavy atom. The lowest BCUT2D eigenvalue weighted by Crippen LogP contribution is -2.12. The first-order valence-corrected chi connectivity index (χ1v) is 6.12. The Kier molecular flexibility index (Phi) is 3.70. The van der Waals surface area contributed by atoms with Crippen LogP contribution in [0.15, 0.2) is 35.7 Å². The van der Waals surface area contributed by atoms with Gasteiger partial charge in [0.05, 0.1) is 0 Å². The molecule has 0 unspecified atom stereocenters. The van der Waals surface area contributed by atoms with Crippen LogP contribution in [0.2, 0.25) is 0 Å². The van der Waals surface area contributed by atoms with Crippen LogP contribution in [-0.2, 0) is 13.1 Å². The lowest BCUT2D eigenvalue weighted by atomic mass is 10.1. The van der Waals surface area contributed by atoms with Crippen molar-refractivity contribution < 1.29 is 4.39 Å². The summed E-state index contributed by atoms with van der Waals surface area (Å²) in [7, 11) is 0. The van der Waals surface area contributed by atoms with Gasteiger partial charge in [-0.15, -0.1) is 11.3 Å². The van der Waals surface area contributed by atoms with Gasteiger partial charge in [-0.3, -0.25) is 0 Å². The van der Waals surface area contributed by atoms with Crippen LogP contribution >= 0.6 is 11.3 Å². The fourth-order valence-electron chi connectivity index (χ4n) is 1.59. The number of benzene rings is 1. The van der Waals surface area contributed by atoms with E-state index in [0.717, 1.165) is 24.2 Å². The molecular weight excluding hydrogens is 221 g/mol. The third-order valence-corrected chi connectivity index (χ3v) is 3.38. The normalized spacial score (nSPS) is 10.6. The molecule has 0 fully saturated rings. The molecule has 0 atom stereocenters. The summed E-state index contributed by atoms with van der Waals surface area (Å²) in [6.45, 7) is 3.59. The highest BCUT2D eigenvalue weighted by Crippen LogP contribution is 2.11. The molecule has 0 radical (unpaired) electrons. The van der Waals surface area contributed by atoms with Crippen molar-refractivity contribution in [2.45, 2.75) is 20.0 Å². The van der Waals surface area contributed by atoms with Crippen molar-refractivity contribution in [3.63, 3.8) is 0 Å². The van der Waals surface area contributed by atoms with Crippen molar-refractivity contribution in [2.24, 2.45) is 0 Å². The van der Waals surface area contributed by atoms with E-state index in [4.69, 9.17) is 0 Å². The van der Waals surface area contributed by atoms with E-state index in [-0.39, 0.29) is 5.82 Å². The van der Waals surface area contributed by atoms with Crippen LogP contribution in [0.3, 0.4) is 0 Å². The number of thiophene rings is 1. The van der Waals surface area contributed by atoms with Crippen molar-refractivity contribution in [3.8, 4) is 0 Å². The van der Waals surface area contributed by atoms with Gasteiger partial charge in [0.15, 0.2) is 0 Å². The molecule has 0 aliphatic rings. The zero-order valence-electron chi connectivity index (χ0n) is 9.16. The second-order valence-corrected chi connectivity index (χ2v) is 4.79. The van der Waals surface area contributed by atoms with Crippen LogP contribution < -0.4 is 5.32 Å². The minimum Gasteiger partial charge on any atom is -0.308 e. The van der Waals surface area contributed by atoms with Gasteiger partial charge in [-0.1, -0.05) is 12.1 Å². The van der Waals surface area contributed by atoms with E-state index in [0.29, 0.717) is 0 Å². The second-order valence-electron chi connectivity index (χ2n) is 3.75. The highest BCUT2D eigenvalue weighted by molar-refractivity contribution is 7.09. The zero-order chi connectivity index (χ0) is 11.4. The van der Waals surface area contributed by atoms with Crippen LogP contribution in [0.5, 0.6) is 0 Å². The average Bonchev–Trinajstić information content (AvgIpc) is 2.74. The molecule has 0 saturated carbocycles. The summed E-state index contributed by atoms with van der Waals surface area (Å²) in [4.78, 5) is 1.32. The highest BCUT2D eigenvalue weighted by atomic mass is 32.1. The molecule has 0 amide bonds. The maximum atomic E-state index is 12.9. The summed E-state index contributed by atoms with van der Waals surface area (Å²) in [6, 6.07) is 9.07. The molecule has 1 N–H and O–H groups in total. The summed E-state index contributed by atoms with van der Waals surface area (Å²) < 4.78 is 12.9. The molecule has 16 heavy (non-hydrogen) atoms. The number of hydrogen-bond donors (Lipinski definition) is 1. The molecule has 2 aromatic rings. The molecule has 0 saturated heterocycles. The molecule has 1 aromatic heterocycles. The van der Waals surface area contributed by atoms with Crippen molar-refractivity contribution in [1.82, 2.24) is 5.32 Å². The van der Waals surface area contributed by atoms with Gasteiger partial charge in [-0.2, -0.15) is 0 Å². The predicted octanol–water partition coefficient (Wildman–Crippen LogP) is 3.49. The Hall–Kier alpha value is -1.19. The zero-order valence-corrected chi connectivity index (χ0v) is 9.98. The second kappa shape index (κ2) is 5.23. The Morgan fingerprint density at radius 2 is 2.12 bits per heavy atom. The minimum absolute atomic E-state index is 0.167. The quantitative estimate of drug-likeness (QED) is 0.855. The number of rotatable bonds is 4. The molecule has 0 bridgehead atoms. The maximum absolute atomic E-state index is 12.9. The van der Waals surface area contributed by atoms with Crippen molar-refractivity contribution >= 4 is 11.3 Å². The first kappa shape index (κ1) is 11.3.